The van der Waals surface area contributed by atoms with Crippen LogP contribution in [0.2, 0.25) is 0 Å². The highest BCUT2D eigenvalue weighted by Crippen LogP contribution is 2.56. The number of hydrogen-bond acceptors (Lipinski definition) is 3. The van der Waals surface area contributed by atoms with Crippen LogP contribution in [-0.2, 0) is 6.42 Å². The lowest BCUT2D eigenvalue weighted by molar-refractivity contribution is 0.568. The fourth-order valence-electron chi connectivity index (χ4n) is 5.51. The smallest absolute Gasteiger partial charge is 0.122 e. The third-order valence-electron chi connectivity index (χ3n) is 7.39. The normalized spacial score (nSPS) is 19.2. The van der Waals surface area contributed by atoms with Crippen molar-refractivity contribution in [2.45, 2.75) is 38.5 Å². The van der Waals surface area contributed by atoms with Gasteiger partial charge in [-0.05, 0) is 87.4 Å². The molecule has 2 heterocycles. The molecule has 0 amide bonds. The molecule has 2 aliphatic rings. The molecule has 3 aromatic carbocycles. The predicted octanol–water partition coefficient (Wildman–Crippen LogP) is 6.66. The number of nitrogens with one attached hydrogen (secondary N) is 1. The average Bonchev–Trinajstić information content (AvgIpc) is 3.46. The third-order valence-corrected chi connectivity index (χ3v) is 7.39. The molecule has 2 atom stereocenters. The van der Waals surface area contributed by atoms with Gasteiger partial charge in [-0.1, -0.05) is 50.2 Å². The average molecular weight is 448 g/mol. The molecule has 0 spiro atoms. The maximum absolute atomic E-state index is 7.86. The first-order chi connectivity index (χ1) is 16.5. The van der Waals surface area contributed by atoms with Crippen molar-refractivity contribution in [3.05, 3.63) is 94.9 Å². The molecule has 0 saturated heterocycles. The van der Waals surface area contributed by atoms with Gasteiger partial charge in [-0.3, -0.25) is 10.4 Å². The van der Waals surface area contributed by atoms with Crippen molar-refractivity contribution < 1.29 is 4.42 Å². The van der Waals surface area contributed by atoms with E-state index in [1.54, 1.807) is 12.5 Å². The molecule has 4 heteroatoms. The lowest BCUT2D eigenvalue weighted by Gasteiger charge is -2.20. The molecular formula is C30H29N3O. The lowest BCUT2D eigenvalue weighted by Crippen LogP contribution is -2.18. The number of nitrogens with two attached hydrogens (primary N) is 1. The number of amidine groups is 1. The second-order valence-electron chi connectivity index (χ2n) is 9.97. The van der Waals surface area contributed by atoms with Gasteiger partial charge in [0.05, 0.1) is 12.5 Å². The SMILES string of the molecule is CC(C)C1=NCCc2ccc(C3CC3c3cc(-c4ccoc4)c4cc(C(=N)N)ccc4c3)cc21. The first-order valence-electron chi connectivity index (χ1n) is 12.1. The summed E-state index contributed by atoms with van der Waals surface area (Å²) >= 11 is 0. The Bertz CT molecular complexity index is 1450. The summed E-state index contributed by atoms with van der Waals surface area (Å²) in [5.41, 5.74) is 15.6. The van der Waals surface area contributed by atoms with Gasteiger partial charge >= 0.3 is 0 Å². The van der Waals surface area contributed by atoms with Crippen molar-refractivity contribution in [2.24, 2.45) is 16.6 Å². The monoisotopic (exact) mass is 447 g/mol. The third kappa shape index (κ3) is 3.54. The minimum absolute atomic E-state index is 0.0862. The number of nitrogen functional groups attached to an aromatic ring is 1. The maximum atomic E-state index is 7.86. The molecule has 1 saturated carbocycles. The zero-order valence-electron chi connectivity index (χ0n) is 19.6. The fraction of sp³-hybridized carbons (Fsp3) is 0.267. The summed E-state index contributed by atoms with van der Waals surface area (Å²) in [5, 5.41) is 10.1. The summed E-state index contributed by atoms with van der Waals surface area (Å²) in [6.45, 7) is 5.39. The van der Waals surface area contributed by atoms with Gasteiger partial charge in [0.1, 0.15) is 5.84 Å². The van der Waals surface area contributed by atoms with Crippen molar-refractivity contribution >= 4 is 22.3 Å². The van der Waals surface area contributed by atoms with Crippen LogP contribution in [0.15, 0.2) is 76.5 Å². The van der Waals surface area contributed by atoms with Crippen LogP contribution in [0.25, 0.3) is 21.9 Å². The van der Waals surface area contributed by atoms with Crippen LogP contribution in [0.1, 0.15) is 59.9 Å². The Labute approximate surface area is 200 Å². The van der Waals surface area contributed by atoms with E-state index in [4.69, 9.17) is 20.6 Å². The molecule has 170 valence electrons. The second kappa shape index (κ2) is 7.98. The fourth-order valence-corrected chi connectivity index (χ4v) is 5.51. The van der Waals surface area contributed by atoms with E-state index in [1.807, 2.05) is 18.2 Å². The summed E-state index contributed by atoms with van der Waals surface area (Å²) in [6, 6.07) is 19.7. The molecule has 1 fully saturated rings. The minimum atomic E-state index is 0.0862. The van der Waals surface area contributed by atoms with E-state index in [0.717, 1.165) is 41.5 Å². The summed E-state index contributed by atoms with van der Waals surface area (Å²) < 4.78 is 5.41. The first-order valence-corrected chi connectivity index (χ1v) is 12.1. The number of benzene rings is 3. The zero-order valence-corrected chi connectivity index (χ0v) is 19.6. The van der Waals surface area contributed by atoms with Crippen LogP contribution >= 0.6 is 0 Å². The number of hydrogen-bond donors (Lipinski definition) is 2. The van der Waals surface area contributed by atoms with Crippen LogP contribution in [0, 0.1) is 11.3 Å². The number of fused-ring (bicyclic) bond motifs is 2. The second-order valence-corrected chi connectivity index (χ2v) is 9.97. The lowest BCUT2D eigenvalue weighted by atomic mass is 9.88. The van der Waals surface area contributed by atoms with Gasteiger partial charge in [-0.2, -0.15) is 0 Å². The van der Waals surface area contributed by atoms with Gasteiger partial charge in [-0.25, -0.2) is 0 Å². The largest absolute Gasteiger partial charge is 0.472 e. The summed E-state index contributed by atoms with van der Waals surface area (Å²) in [5.74, 6) is 1.57. The Hall–Kier alpha value is -3.66. The summed E-state index contributed by atoms with van der Waals surface area (Å²) in [4.78, 5) is 4.85. The molecule has 1 aromatic heterocycles. The molecule has 0 bridgehead atoms. The molecule has 34 heavy (non-hydrogen) atoms. The van der Waals surface area contributed by atoms with Crippen LogP contribution in [0.5, 0.6) is 0 Å². The van der Waals surface area contributed by atoms with Gasteiger partial charge in [0.15, 0.2) is 0 Å². The van der Waals surface area contributed by atoms with E-state index in [9.17, 15) is 0 Å². The highest BCUT2D eigenvalue weighted by molar-refractivity contribution is 6.05. The molecule has 4 aromatic rings. The Balaban J connectivity index is 1.39. The maximum Gasteiger partial charge on any atom is 0.122 e. The summed E-state index contributed by atoms with van der Waals surface area (Å²) in [6.07, 6.45) is 5.71. The standard InChI is InChI=1S/C30H29N3O/c1-17(2)29-28-12-20(4-3-18(28)7-9-33-29)26-15-27(26)23-11-19-5-6-21(30(31)32)13-24(19)25(14-23)22-8-10-34-16-22/h3-6,8,10-14,16-17,26-27H,7,9,15H2,1-2H3,(H3,31,32). The molecule has 6 rings (SSSR count). The molecule has 2 unspecified atom stereocenters. The number of nitrogens with zero attached hydrogens (tertiary/aromatic N) is 1. The van der Waals surface area contributed by atoms with Gasteiger partial charge in [-0.15, -0.1) is 0 Å². The van der Waals surface area contributed by atoms with E-state index >= 15 is 0 Å². The topological polar surface area (TPSA) is 75.4 Å². The quantitative estimate of drug-likeness (QED) is 0.265. The van der Waals surface area contributed by atoms with Crippen LogP contribution < -0.4 is 5.73 Å². The molecule has 1 aliphatic carbocycles. The number of furan rings is 1. The first kappa shape index (κ1) is 20.9. The van der Waals surface area contributed by atoms with Crippen LogP contribution in [0.3, 0.4) is 0 Å². The van der Waals surface area contributed by atoms with Crippen molar-refractivity contribution in [1.82, 2.24) is 0 Å². The Morgan fingerprint density at radius 3 is 2.59 bits per heavy atom. The van der Waals surface area contributed by atoms with E-state index < -0.39 is 0 Å². The van der Waals surface area contributed by atoms with Crippen molar-refractivity contribution in [3.63, 3.8) is 0 Å². The van der Waals surface area contributed by atoms with Gasteiger partial charge < -0.3 is 10.2 Å². The molecule has 0 radical (unpaired) electrons. The Morgan fingerprint density at radius 2 is 1.82 bits per heavy atom. The number of aliphatic imine (C=N–C) groups is 1. The van der Waals surface area contributed by atoms with E-state index in [-0.39, 0.29) is 5.84 Å². The van der Waals surface area contributed by atoms with Crippen LogP contribution in [-0.4, -0.2) is 18.1 Å². The van der Waals surface area contributed by atoms with Gasteiger partial charge in [0.2, 0.25) is 0 Å². The predicted molar refractivity (Wildman–Crippen MR) is 139 cm³/mol. The van der Waals surface area contributed by atoms with E-state index in [2.05, 4.69) is 50.2 Å². The highest BCUT2D eigenvalue weighted by Gasteiger charge is 2.40. The highest BCUT2D eigenvalue weighted by atomic mass is 16.3. The van der Waals surface area contributed by atoms with Crippen molar-refractivity contribution in [2.75, 3.05) is 6.54 Å². The summed E-state index contributed by atoms with van der Waals surface area (Å²) in [7, 11) is 0. The van der Waals surface area contributed by atoms with E-state index in [0.29, 0.717) is 17.8 Å². The molecule has 1 aliphatic heterocycles. The Morgan fingerprint density at radius 1 is 1.00 bits per heavy atom. The molecular weight excluding hydrogens is 418 g/mol. The van der Waals surface area contributed by atoms with Crippen LogP contribution in [0.4, 0.5) is 0 Å². The van der Waals surface area contributed by atoms with Crippen molar-refractivity contribution in [3.8, 4) is 11.1 Å². The van der Waals surface area contributed by atoms with Gasteiger partial charge in [0.25, 0.3) is 0 Å². The van der Waals surface area contributed by atoms with Crippen molar-refractivity contribution in [1.29, 1.82) is 5.41 Å². The minimum Gasteiger partial charge on any atom is -0.472 e. The van der Waals surface area contributed by atoms with Gasteiger partial charge in [0, 0.05) is 23.4 Å². The Kier molecular flexibility index (Phi) is 4.91. The molecule has 4 nitrogen and oxygen atoms in total. The van der Waals surface area contributed by atoms with E-state index in [1.165, 1.54) is 33.4 Å². The molecule has 3 N–H and O–H groups in total. The number of rotatable bonds is 5. The zero-order chi connectivity index (χ0) is 23.4.